The van der Waals surface area contributed by atoms with Gasteiger partial charge in [-0.1, -0.05) is 13.3 Å². The summed E-state index contributed by atoms with van der Waals surface area (Å²) < 4.78 is 0. The molecular weight excluding hydrogens is 112 g/mol. The topological polar surface area (TPSA) is 17.1 Å². The fourth-order valence-electron chi connectivity index (χ4n) is 1.34. The Labute approximate surface area is 56.4 Å². The Hall–Kier alpha value is -0.330. The second-order valence-electron chi connectivity index (χ2n) is 2.72. The molecule has 1 nitrogen and oxygen atoms in total. The molecule has 1 radical (unpaired) electrons. The van der Waals surface area contributed by atoms with Crippen molar-refractivity contribution >= 4 is 5.78 Å². The predicted molar refractivity (Wildman–Crippen MR) is 37.0 cm³/mol. The number of carbonyl (C=O) groups is 1. The summed E-state index contributed by atoms with van der Waals surface area (Å²) in [6, 6.07) is 0. The summed E-state index contributed by atoms with van der Waals surface area (Å²) in [5.74, 6) is 1.92. The highest BCUT2D eigenvalue weighted by atomic mass is 16.1. The van der Waals surface area contributed by atoms with Gasteiger partial charge in [0.15, 0.2) is 0 Å². The third-order valence-electron chi connectivity index (χ3n) is 1.81. The molecule has 0 saturated heterocycles. The molecule has 9 heavy (non-hydrogen) atoms. The van der Waals surface area contributed by atoms with Crippen molar-refractivity contribution in [1.29, 1.82) is 0 Å². The molecule has 0 unspecified atom stereocenters. The van der Waals surface area contributed by atoms with E-state index < -0.39 is 0 Å². The standard InChI is InChI=1S/C8H13O/c1-2-3-7-4-5-8(9)6-7/h2-6H2,1H3. The SMILES string of the molecule is CCC[C]1CCC(=O)C1. The predicted octanol–water partition coefficient (Wildman–Crippen LogP) is 2.11. The van der Waals surface area contributed by atoms with Gasteiger partial charge in [-0.3, -0.25) is 4.79 Å². The van der Waals surface area contributed by atoms with E-state index in [9.17, 15) is 4.79 Å². The highest BCUT2D eigenvalue weighted by molar-refractivity contribution is 5.83. The Morgan fingerprint density at radius 3 is 2.67 bits per heavy atom. The molecular formula is C8H13O. The van der Waals surface area contributed by atoms with Gasteiger partial charge in [-0.2, -0.15) is 0 Å². The minimum atomic E-state index is 0.443. The van der Waals surface area contributed by atoms with Crippen LogP contribution in [-0.4, -0.2) is 5.78 Å². The van der Waals surface area contributed by atoms with Gasteiger partial charge in [-0.15, -0.1) is 0 Å². The van der Waals surface area contributed by atoms with Crippen LogP contribution in [0.3, 0.4) is 0 Å². The molecule has 0 spiro atoms. The molecule has 1 heteroatoms. The zero-order chi connectivity index (χ0) is 6.69. The molecule has 0 aromatic carbocycles. The lowest BCUT2D eigenvalue weighted by atomic mass is 10.0. The summed E-state index contributed by atoms with van der Waals surface area (Å²) in [6.45, 7) is 2.16. The smallest absolute Gasteiger partial charge is 0.133 e. The molecule has 0 atom stereocenters. The number of Topliss-reactive ketones (excluding diaryl/α,β-unsaturated/α-hetero) is 1. The Morgan fingerprint density at radius 2 is 2.22 bits per heavy atom. The van der Waals surface area contributed by atoms with Gasteiger partial charge in [0.2, 0.25) is 0 Å². The fraction of sp³-hybridized carbons (Fsp3) is 0.750. The van der Waals surface area contributed by atoms with Crippen LogP contribution in [0.1, 0.15) is 39.0 Å². The monoisotopic (exact) mass is 125 g/mol. The lowest BCUT2D eigenvalue weighted by Gasteiger charge is -2.01. The maximum absolute atomic E-state index is 10.7. The molecule has 1 rings (SSSR count). The Balaban J connectivity index is 2.22. The van der Waals surface area contributed by atoms with E-state index >= 15 is 0 Å². The van der Waals surface area contributed by atoms with Crippen LogP contribution in [0.15, 0.2) is 0 Å². The summed E-state index contributed by atoms with van der Waals surface area (Å²) in [6.07, 6.45) is 5.05. The number of hydrogen-bond acceptors (Lipinski definition) is 1. The van der Waals surface area contributed by atoms with Crippen molar-refractivity contribution in [1.82, 2.24) is 0 Å². The van der Waals surface area contributed by atoms with Crippen molar-refractivity contribution in [3.63, 3.8) is 0 Å². The van der Waals surface area contributed by atoms with Crippen LogP contribution in [0.4, 0.5) is 0 Å². The maximum Gasteiger partial charge on any atom is 0.133 e. The minimum Gasteiger partial charge on any atom is -0.300 e. The summed E-state index contributed by atoms with van der Waals surface area (Å²) in [7, 11) is 0. The largest absolute Gasteiger partial charge is 0.300 e. The van der Waals surface area contributed by atoms with Gasteiger partial charge >= 0.3 is 0 Å². The third-order valence-corrected chi connectivity index (χ3v) is 1.81. The van der Waals surface area contributed by atoms with Gasteiger partial charge in [-0.25, -0.2) is 0 Å². The Morgan fingerprint density at radius 1 is 1.44 bits per heavy atom. The number of hydrogen-bond donors (Lipinski definition) is 0. The van der Waals surface area contributed by atoms with E-state index in [4.69, 9.17) is 0 Å². The molecule has 0 bridgehead atoms. The first kappa shape index (κ1) is 6.79. The molecule has 0 amide bonds. The van der Waals surface area contributed by atoms with Gasteiger partial charge in [-0.05, 0) is 18.8 Å². The lowest BCUT2D eigenvalue weighted by molar-refractivity contribution is -0.117. The van der Waals surface area contributed by atoms with E-state index in [2.05, 4.69) is 6.92 Å². The van der Waals surface area contributed by atoms with Crippen molar-refractivity contribution in [2.75, 3.05) is 0 Å². The van der Waals surface area contributed by atoms with Crippen LogP contribution in [-0.2, 0) is 4.79 Å². The van der Waals surface area contributed by atoms with Crippen molar-refractivity contribution in [2.24, 2.45) is 0 Å². The van der Waals surface area contributed by atoms with Crippen molar-refractivity contribution < 1.29 is 4.79 Å². The molecule has 0 heterocycles. The average Bonchev–Trinajstić information content (AvgIpc) is 2.17. The summed E-state index contributed by atoms with van der Waals surface area (Å²) in [5, 5.41) is 0. The molecule has 1 aliphatic rings. The molecule has 1 saturated carbocycles. The van der Waals surface area contributed by atoms with Crippen molar-refractivity contribution in [3.05, 3.63) is 5.92 Å². The molecule has 0 aromatic heterocycles. The maximum atomic E-state index is 10.7. The van der Waals surface area contributed by atoms with Crippen LogP contribution in [0.2, 0.25) is 0 Å². The van der Waals surface area contributed by atoms with E-state index in [-0.39, 0.29) is 0 Å². The van der Waals surface area contributed by atoms with E-state index in [1.807, 2.05) is 0 Å². The number of rotatable bonds is 2. The van der Waals surface area contributed by atoms with Crippen LogP contribution < -0.4 is 0 Å². The van der Waals surface area contributed by atoms with E-state index in [0.29, 0.717) is 5.78 Å². The fourth-order valence-corrected chi connectivity index (χ4v) is 1.34. The first-order valence-corrected chi connectivity index (χ1v) is 3.68. The normalized spacial score (nSPS) is 21.2. The highest BCUT2D eigenvalue weighted by Crippen LogP contribution is 2.27. The quantitative estimate of drug-likeness (QED) is 0.552. The minimum absolute atomic E-state index is 0.443. The second-order valence-corrected chi connectivity index (χ2v) is 2.72. The summed E-state index contributed by atoms with van der Waals surface area (Å²) in [4.78, 5) is 10.7. The zero-order valence-electron chi connectivity index (χ0n) is 5.94. The van der Waals surface area contributed by atoms with Gasteiger partial charge in [0, 0.05) is 12.8 Å². The van der Waals surface area contributed by atoms with Crippen LogP contribution in [0.25, 0.3) is 0 Å². The van der Waals surface area contributed by atoms with Gasteiger partial charge in [0.1, 0.15) is 5.78 Å². The molecule has 51 valence electrons. The second kappa shape index (κ2) is 3.00. The third kappa shape index (κ3) is 1.81. The molecule has 1 fully saturated rings. The first-order chi connectivity index (χ1) is 4.33. The molecule has 0 N–H and O–H groups in total. The summed E-state index contributed by atoms with van der Waals surface area (Å²) in [5.41, 5.74) is 0. The average molecular weight is 125 g/mol. The van der Waals surface area contributed by atoms with Crippen LogP contribution in [0.5, 0.6) is 0 Å². The first-order valence-electron chi connectivity index (χ1n) is 3.68. The van der Waals surface area contributed by atoms with E-state index in [0.717, 1.165) is 19.3 Å². The zero-order valence-corrected chi connectivity index (χ0v) is 5.94. The van der Waals surface area contributed by atoms with Crippen molar-refractivity contribution in [3.8, 4) is 0 Å². The number of ketones is 1. The van der Waals surface area contributed by atoms with Crippen LogP contribution >= 0.6 is 0 Å². The van der Waals surface area contributed by atoms with E-state index in [1.165, 1.54) is 18.8 Å². The summed E-state index contributed by atoms with van der Waals surface area (Å²) >= 11 is 0. The Kier molecular flexibility index (Phi) is 2.26. The number of carbonyl (C=O) groups excluding carboxylic acids is 1. The van der Waals surface area contributed by atoms with Crippen molar-refractivity contribution in [2.45, 2.75) is 39.0 Å². The Bertz CT molecular complexity index is 107. The molecule has 0 aromatic rings. The van der Waals surface area contributed by atoms with Gasteiger partial charge < -0.3 is 0 Å². The molecule has 0 aliphatic heterocycles. The van der Waals surface area contributed by atoms with Gasteiger partial charge in [0.25, 0.3) is 0 Å². The molecule has 1 aliphatic carbocycles. The van der Waals surface area contributed by atoms with E-state index in [1.54, 1.807) is 0 Å². The van der Waals surface area contributed by atoms with Gasteiger partial charge in [0.05, 0.1) is 0 Å². The lowest BCUT2D eigenvalue weighted by Crippen LogP contribution is -1.90. The highest BCUT2D eigenvalue weighted by Gasteiger charge is 2.20. The van der Waals surface area contributed by atoms with Crippen LogP contribution in [0, 0.1) is 5.92 Å².